The Hall–Kier alpha value is -2.34. The van der Waals surface area contributed by atoms with Gasteiger partial charge >= 0.3 is 11.9 Å². The SMILES string of the molecule is O=C(O)C(=Cc1ccn(-c2ccc(Br)cc2)c1)C(=O)O. The maximum absolute atomic E-state index is 10.8. The van der Waals surface area contributed by atoms with Crippen LogP contribution >= 0.6 is 15.9 Å². The zero-order chi connectivity index (χ0) is 14.7. The molecule has 102 valence electrons. The third kappa shape index (κ3) is 3.16. The largest absolute Gasteiger partial charge is 0.477 e. The number of aliphatic carboxylic acids is 2. The molecule has 0 radical (unpaired) electrons. The Balaban J connectivity index is 2.33. The van der Waals surface area contributed by atoms with Gasteiger partial charge in [0.05, 0.1) is 0 Å². The van der Waals surface area contributed by atoms with Crippen molar-refractivity contribution in [2.24, 2.45) is 0 Å². The van der Waals surface area contributed by atoms with Crippen molar-refractivity contribution >= 4 is 33.9 Å². The van der Waals surface area contributed by atoms with Gasteiger partial charge in [-0.1, -0.05) is 15.9 Å². The van der Waals surface area contributed by atoms with Gasteiger partial charge < -0.3 is 14.8 Å². The molecular weight excluding hydrogens is 326 g/mol. The summed E-state index contributed by atoms with van der Waals surface area (Å²) in [6.45, 7) is 0. The van der Waals surface area contributed by atoms with Crippen molar-refractivity contribution in [3.05, 3.63) is 58.3 Å². The summed E-state index contributed by atoms with van der Waals surface area (Å²) in [5.41, 5.74) is 0.728. The van der Waals surface area contributed by atoms with Gasteiger partial charge in [-0.05, 0) is 42.0 Å². The van der Waals surface area contributed by atoms with Crippen molar-refractivity contribution < 1.29 is 19.8 Å². The molecule has 0 spiro atoms. The number of nitrogens with zero attached hydrogens (tertiary/aromatic N) is 1. The Morgan fingerprint density at radius 3 is 2.20 bits per heavy atom. The van der Waals surface area contributed by atoms with Crippen LogP contribution < -0.4 is 0 Å². The molecule has 0 aliphatic heterocycles. The van der Waals surface area contributed by atoms with Gasteiger partial charge in [0.1, 0.15) is 5.57 Å². The Morgan fingerprint density at radius 1 is 1.05 bits per heavy atom. The van der Waals surface area contributed by atoms with E-state index in [1.165, 1.54) is 0 Å². The molecule has 0 saturated carbocycles. The second-order valence-corrected chi connectivity index (χ2v) is 4.91. The van der Waals surface area contributed by atoms with Crippen LogP contribution in [0.5, 0.6) is 0 Å². The van der Waals surface area contributed by atoms with Crippen LogP contribution in [0, 0.1) is 0 Å². The van der Waals surface area contributed by atoms with Crippen molar-refractivity contribution in [1.29, 1.82) is 0 Å². The van der Waals surface area contributed by atoms with Gasteiger partial charge in [-0.2, -0.15) is 0 Å². The molecule has 0 aliphatic carbocycles. The number of carboxylic acids is 2. The fraction of sp³-hybridized carbons (Fsp3) is 0. The van der Waals surface area contributed by atoms with Crippen molar-refractivity contribution in [2.75, 3.05) is 0 Å². The molecule has 0 atom stereocenters. The average Bonchev–Trinajstić information content (AvgIpc) is 2.84. The number of rotatable bonds is 4. The second-order valence-electron chi connectivity index (χ2n) is 4.00. The van der Waals surface area contributed by atoms with E-state index in [-0.39, 0.29) is 0 Å². The number of halogens is 1. The first kappa shape index (κ1) is 14.1. The maximum atomic E-state index is 10.8. The number of carboxylic acid groups (broad SMARTS) is 2. The highest BCUT2D eigenvalue weighted by Crippen LogP contribution is 2.16. The van der Waals surface area contributed by atoms with Crippen molar-refractivity contribution in [3.8, 4) is 5.69 Å². The molecule has 0 aliphatic rings. The average molecular weight is 336 g/mol. The Bertz CT molecular complexity index is 669. The number of aromatic nitrogens is 1. The van der Waals surface area contributed by atoms with E-state index in [2.05, 4.69) is 15.9 Å². The normalized spacial score (nSPS) is 10.1. The number of benzene rings is 1. The van der Waals surface area contributed by atoms with Gasteiger partial charge in [0, 0.05) is 22.6 Å². The Morgan fingerprint density at radius 2 is 1.65 bits per heavy atom. The highest BCUT2D eigenvalue weighted by Gasteiger charge is 2.15. The van der Waals surface area contributed by atoms with Crippen LogP contribution in [0.1, 0.15) is 5.56 Å². The lowest BCUT2D eigenvalue weighted by Gasteiger charge is -2.02. The summed E-state index contributed by atoms with van der Waals surface area (Å²) in [4.78, 5) is 21.6. The summed E-state index contributed by atoms with van der Waals surface area (Å²) in [5.74, 6) is -2.93. The lowest BCUT2D eigenvalue weighted by Crippen LogP contribution is -2.10. The van der Waals surface area contributed by atoms with Crippen molar-refractivity contribution in [3.63, 3.8) is 0 Å². The lowest BCUT2D eigenvalue weighted by molar-refractivity contribution is -0.139. The minimum absolute atomic E-state index is 0.507. The van der Waals surface area contributed by atoms with Crippen LogP contribution in [0.4, 0.5) is 0 Å². The van der Waals surface area contributed by atoms with Gasteiger partial charge in [0.25, 0.3) is 0 Å². The molecule has 0 unspecified atom stereocenters. The van der Waals surface area contributed by atoms with Gasteiger partial charge in [-0.3, -0.25) is 0 Å². The summed E-state index contributed by atoms with van der Waals surface area (Å²) < 4.78 is 2.73. The first-order valence-electron chi connectivity index (χ1n) is 5.59. The van der Waals surface area contributed by atoms with Crippen LogP contribution in [0.25, 0.3) is 11.8 Å². The van der Waals surface area contributed by atoms with E-state index in [1.54, 1.807) is 23.0 Å². The Labute approximate surface area is 122 Å². The molecule has 5 nitrogen and oxygen atoms in total. The smallest absolute Gasteiger partial charge is 0.343 e. The highest BCUT2D eigenvalue weighted by molar-refractivity contribution is 9.10. The van der Waals surface area contributed by atoms with E-state index < -0.39 is 17.5 Å². The predicted octanol–water partition coefficient (Wildman–Crippen LogP) is 2.79. The first-order chi connectivity index (χ1) is 9.47. The molecule has 2 aromatic rings. The van der Waals surface area contributed by atoms with Gasteiger partial charge in [0.15, 0.2) is 0 Å². The monoisotopic (exact) mass is 335 g/mol. The van der Waals surface area contributed by atoms with Gasteiger partial charge in [-0.15, -0.1) is 0 Å². The van der Waals surface area contributed by atoms with Crippen LogP contribution in [-0.2, 0) is 9.59 Å². The third-order valence-electron chi connectivity index (χ3n) is 2.61. The lowest BCUT2D eigenvalue weighted by atomic mass is 10.2. The molecule has 0 bridgehead atoms. The van der Waals surface area contributed by atoms with Crippen LogP contribution in [-0.4, -0.2) is 26.7 Å². The fourth-order valence-corrected chi connectivity index (χ4v) is 1.92. The summed E-state index contributed by atoms with van der Waals surface area (Å²) in [7, 11) is 0. The van der Waals surface area contributed by atoms with E-state index in [1.807, 2.05) is 24.3 Å². The third-order valence-corrected chi connectivity index (χ3v) is 3.14. The second kappa shape index (κ2) is 5.75. The molecule has 2 N–H and O–H groups in total. The van der Waals surface area contributed by atoms with Crippen LogP contribution in [0.3, 0.4) is 0 Å². The van der Waals surface area contributed by atoms with Gasteiger partial charge in [0.2, 0.25) is 0 Å². The molecule has 1 heterocycles. The molecule has 6 heteroatoms. The van der Waals surface area contributed by atoms with E-state index in [0.29, 0.717) is 5.56 Å². The maximum Gasteiger partial charge on any atom is 0.343 e. The standard InChI is InChI=1S/C14H10BrNO4/c15-10-1-3-11(4-2-10)16-6-5-9(8-16)7-12(13(17)18)14(19)20/h1-8H,(H,17,18)(H,19,20). The fourth-order valence-electron chi connectivity index (χ4n) is 1.65. The first-order valence-corrected chi connectivity index (χ1v) is 6.39. The zero-order valence-corrected chi connectivity index (χ0v) is 11.7. The summed E-state index contributed by atoms with van der Waals surface area (Å²) >= 11 is 3.34. The minimum atomic E-state index is -1.46. The topological polar surface area (TPSA) is 79.5 Å². The molecule has 0 fully saturated rings. The molecule has 1 aromatic heterocycles. The molecule has 2 rings (SSSR count). The van der Waals surface area contributed by atoms with Crippen LogP contribution in [0.2, 0.25) is 0 Å². The van der Waals surface area contributed by atoms with E-state index >= 15 is 0 Å². The summed E-state index contributed by atoms with van der Waals surface area (Å²) in [6, 6.07) is 9.17. The van der Waals surface area contributed by atoms with E-state index in [4.69, 9.17) is 10.2 Å². The molecular formula is C14H10BrNO4. The van der Waals surface area contributed by atoms with E-state index in [0.717, 1.165) is 16.2 Å². The number of hydrogen-bond donors (Lipinski definition) is 2. The van der Waals surface area contributed by atoms with Crippen LogP contribution in [0.15, 0.2) is 52.8 Å². The summed E-state index contributed by atoms with van der Waals surface area (Å²) in [5, 5.41) is 17.6. The quantitative estimate of drug-likeness (QED) is 0.511. The molecule has 0 saturated heterocycles. The van der Waals surface area contributed by atoms with Gasteiger partial charge in [-0.25, -0.2) is 9.59 Å². The number of hydrogen-bond acceptors (Lipinski definition) is 2. The highest BCUT2D eigenvalue weighted by atomic mass is 79.9. The molecule has 1 aromatic carbocycles. The molecule has 0 amide bonds. The van der Waals surface area contributed by atoms with Crippen molar-refractivity contribution in [2.45, 2.75) is 0 Å². The molecule has 20 heavy (non-hydrogen) atoms. The van der Waals surface area contributed by atoms with Crippen molar-refractivity contribution in [1.82, 2.24) is 4.57 Å². The van der Waals surface area contributed by atoms with E-state index in [9.17, 15) is 9.59 Å². The number of carbonyl (C=O) groups is 2. The zero-order valence-electron chi connectivity index (χ0n) is 10.2. The minimum Gasteiger partial charge on any atom is -0.477 e. The Kier molecular flexibility index (Phi) is 4.05. The summed E-state index contributed by atoms with van der Waals surface area (Å²) in [6.07, 6.45) is 4.52. The predicted molar refractivity (Wildman–Crippen MR) is 76.7 cm³/mol.